The van der Waals surface area contributed by atoms with Crippen LogP contribution in [0.15, 0.2) is 30.3 Å². The number of hydrogen-bond donors (Lipinski definition) is 2. The van der Waals surface area contributed by atoms with Gasteiger partial charge in [-0.05, 0) is 57.4 Å². The molecule has 0 saturated carbocycles. The number of halogens is 1. The third-order valence-corrected chi connectivity index (χ3v) is 3.68. The van der Waals surface area contributed by atoms with Gasteiger partial charge in [-0.15, -0.1) is 10.2 Å². The Kier molecular flexibility index (Phi) is 6.97. The maximum Gasteiger partial charge on any atom is 0.271 e. The highest BCUT2D eigenvalue weighted by Crippen LogP contribution is 2.28. The van der Waals surface area contributed by atoms with Crippen LogP contribution >= 0.6 is 11.6 Å². The van der Waals surface area contributed by atoms with Crippen molar-refractivity contribution in [3.8, 4) is 5.75 Å². The van der Waals surface area contributed by atoms with E-state index in [9.17, 15) is 4.79 Å². The fourth-order valence-electron chi connectivity index (χ4n) is 2.10. The van der Waals surface area contributed by atoms with Crippen LogP contribution in [0.25, 0.3) is 0 Å². The van der Waals surface area contributed by atoms with Crippen molar-refractivity contribution in [1.29, 1.82) is 0 Å². The topological polar surface area (TPSA) is 79.4 Å². The molecule has 25 heavy (non-hydrogen) atoms. The Hall–Kier alpha value is -2.38. The van der Waals surface area contributed by atoms with E-state index in [1.165, 1.54) is 0 Å². The van der Waals surface area contributed by atoms with Gasteiger partial charge in [0.05, 0.1) is 12.1 Å². The molecule has 0 aliphatic heterocycles. The summed E-state index contributed by atoms with van der Waals surface area (Å²) >= 11 is 6.09. The Bertz CT molecular complexity index is 707. The number of rotatable bonds is 8. The zero-order chi connectivity index (χ0) is 18.2. The smallest absolute Gasteiger partial charge is 0.271 e. The first kappa shape index (κ1) is 19.0. The molecule has 0 spiro atoms. The van der Waals surface area contributed by atoms with Gasteiger partial charge in [0, 0.05) is 12.2 Å². The predicted octanol–water partition coefficient (Wildman–Crippen LogP) is 2.56. The number of hydrogen-bond acceptors (Lipinski definition) is 6. The monoisotopic (exact) mass is 363 g/mol. The maximum atomic E-state index is 12.0. The van der Waals surface area contributed by atoms with Crippen molar-refractivity contribution in [2.24, 2.45) is 0 Å². The fraction of sp³-hybridized carbons (Fsp3) is 0.353. The van der Waals surface area contributed by atoms with E-state index >= 15 is 0 Å². The van der Waals surface area contributed by atoms with Gasteiger partial charge in [-0.2, -0.15) is 0 Å². The summed E-state index contributed by atoms with van der Waals surface area (Å²) in [6.45, 7) is 1.52. The van der Waals surface area contributed by atoms with E-state index in [0.29, 0.717) is 23.1 Å². The highest BCUT2D eigenvalue weighted by atomic mass is 35.5. The first-order valence-corrected chi connectivity index (χ1v) is 8.24. The van der Waals surface area contributed by atoms with Crippen molar-refractivity contribution in [2.45, 2.75) is 6.42 Å². The minimum absolute atomic E-state index is 0.231. The highest BCUT2D eigenvalue weighted by Gasteiger charge is 2.08. The lowest BCUT2D eigenvalue weighted by Gasteiger charge is -2.10. The van der Waals surface area contributed by atoms with Crippen LogP contribution in [0.3, 0.4) is 0 Å². The molecular weight excluding hydrogens is 342 g/mol. The average molecular weight is 364 g/mol. The number of nitrogens with one attached hydrogen (secondary N) is 2. The number of carbonyl (C=O) groups excluding carboxylic acids is 1. The summed E-state index contributed by atoms with van der Waals surface area (Å²) in [6, 6.07) is 8.63. The van der Waals surface area contributed by atoms with Crippen molar-refractivity contribution in [3.63, 3.8) is 0 Å². The number of methoxy groups -OCH3 is 1. The Morgan fingerprint density at radius 1 is 1.24 bits per heavy atom. The van der Waals surface area contributed by atoms with Crippen LogP contribution in [0.5, 0.6) is 5.75 Å². The molecule has 2 N–H and O–H groups in total. The van der Waals surface area contributed by atoms with Crippen LogP contribution in [0.4, 0.5) is 11.5 Å². The molecular formula is C17H22ClN5O2. The zero-order valence-corrected chi connectivity index (χ0v) is 15.3. The second-order valence-corrected chi connectivity index (χ2v) is 6.10. The Morgan fingerprint density at radius 2 is 2.04 bits per heavy atom. The molecule has 0 fully saturated rings. The minimum Gasteiger partial charge on any atom is -0.495 e. The molecule has 134 valence electrons. The molecule has 0 atom stereocenters. The normalized spacial score (nSPS) is 10.6. The highest BCUT2D eigenvalue weighted by molar-refractivity contribution is 6.32. The molecule has 1 aromatic carbocycles. The van der Waals surface area contributed by atoms with Crippen LogP contribution < -0.4 is 15.4 Å². The Morgan fingerprint density at radius 3 is 2.64 bits per heavy atom. The van der Waals surface area contributed by atoms with Crippen LogP contribution in [0, 0.1) is 0 Å². The second-order valence-electron chi connectivity index (χ2n) is 5.69. The first-order valence-electron chi connectivity index (χ1n) is 7.87. The van der Waals surface area contributed by atoms with E-state index in [-0.39, 0.29) is 11.6 Å². The molecule has 1 aromatic heterocycles. The first-order chi connectivity index (χ1) is 12.0. The summed E-state index contributed by atoms with van der Waals surface area (Å²) in [7, 11) is 5.55. The van der Waals surface area contributed by atoms with Crippen molar-refractivity contribution in [1.82, 2.24) is 20.4 Å². The number of benzene rings is 1. The van der Waals surface area contributed by atoms with Gasteiger partial charge >= 0.3 is 0 Å². The number of carbonyl (C=O) groups is 1. The van der Waals surface area contributed by atoms with Gasteiger partial charge in [0.25, 0.3) is 5.91 Å². The van der Waals surface area contributed by atoms with Gasteiger partial charge in [0.2, 0.25) is 0 Å². The number of nitrogens with zero attached hydrogens (tertiary/aromatic N) is 3. The van der Waals surface area contributed by atoms with E-state index in [4.69, 9.17) is 16.3 Å². The summed E-state index contributed by atoms with van der Waals surface area (Å²) in [5.41, 5.74) is 1.03. The lowest BCUT2D eigenvalue weighted by Crippen LogP contribution is -2.28. The standard InChI is InChI=1S/C17H22ClN5O2/c1-23(2)10-4-9-19-17(24)14-6-8-16(22-21-14)20-12-5-7-15(25-3)13(18)11-12/h5-8,11H,4,9-10H2,1-3H3,(H,19,24)(H,20,22). The number of ether oxygens (including phenoxy) is 1. The van der Waals surface area contributed by atoms with Gasteiger partial charge in [0.1, 0.15) is 5.75 Å². The SMILES string of the molecule is COc1ccc(Nc2ccc(C(=O)NCCCN(C)C)nn2)cc1Cl. The average Bonchev–Trinajstić information content (AvgIpc) is 2.59. The van der Waals surface area contributed by atoms with Crippen LogP contribution in [0.1, 0.15) is 16.9 Å². The largest absolute Gasteiger partial charge is 0.495 e. The second kappa shape index (κ2) is 9.19. The molecule has 0 radical (unpaired) electrons. The summed E-state index contributed by atoms with van der Waals surface area (Å²) in [5.74, 6) is 0.885. The van der Waals surface area contributed by atoms with Gasteiger partial charge in [0.15, 0.2) is 11.5 Å². The van der Waals surface area contributed by atoms with E-state index in [0.717, 1.165) is 18.7 Å². The molecule has 7 nitrogen and oxygen atoms in total. The third kappa shape index (κ3) is 5.88. The van der Waals surface area contributed by atoms with Gasteiger partial charge in [-0.25, -0.2) is 0 Å². The van der Waals surface area contributed by atoms with Crippen LogP contribution in [-0.2, 0) is 0 Å². The molecule has 1 heterocycles. The number of anilines is 2. The number of amides is 1. The Balaban J connectivity index is 1.91. The van der Waals surface area contributed by atoms with Crippen LogP contribution in [-0.4, -0.2) is 55.3 Å². The third-order valence-electron chi connectivity index (χ3n) is 3.39. The minimum atomic E-state index is -0.231. The van der Waals surface area contributed by atoms with Crippen molar-refractivity contribution in [3.05, 3.63) is 41.0 Å². The van der Waals surface area contributed by atoms with Crippen molar-refractivity contribution in [2.75, 3.05) is 39.6 Å². The van der Waals surface area contributed by atoms with E-state index in [1.807, 2.05) is 20.2 Å². The van der Waals surface area contributed by atoms with Gasteiger partial charge in [-0.3, -0.25) is 4.79 Å². The molecule has 0 aliphatic carbocycles. The fourth-order valence-corrected chi connectivity index (χ4v) is 2.36. The molecule has 0 saturated heterocycles. The van der Waals surface area contributed by atoms with E-state index < -0.39 is 0 Å². The molecule has 8 heteroatoms. The summed E-state index contributed by atoms with van der Waals surface area (Å²) in [6.07, 6.45) is 0.879. The van der Waals surface area contributed by atoms with Crippen molar-refractivity contribution >= 4 is 29.0 Å². The van der Waals surface area contributed by atoms with E-state index in [1.54, 1.807) is 31.4 Å². The Labute approximate surface area is 152 Å². The maximum absolute atomic E-state index is 12.0. The summed E-state index contributed by atoms with van der Waals surface area (Å²) in [5, 5.41) is 14.4. The molecule has 1 amide bonds. The van der Waals surface area contributed by atoms with E-state index in [2.05, 4.69) is 25.7 Å². The van der Waals surface area contributed by atoms with Crippen LogP contribution in [0.2, 0.25) is 5.02 Å². The van der Waals surface area contributed by atoms with Crippen molar-refractivity contribution < 1.29 is 9.53 Å². The number of aromatic nitrogens is 2. The zero-order valence-electron chi connectivity index (χ0n) is 14.5. The summed E-state index contributed by atoms with van der Waals surface area (Å²) < 4.78 is 5.11. The van der Waals surface area contributed by atoms with Gasteiger partial charge < -0.3 is 20.3 Å². The molecule has 0 bridgehead atoms. The molecule has 0 aliphatic rings. The lowest BCUT2D eigenvalue weighted by atomic mass is 10.3. The molecule has 2 aromatic rings. The van der Waals surface area contributed by atoms with Gasteiger partial charge in [-0.1, -0.05) is 11.6 Å². The molecule has 0 unspecified atom stereocenters. The quantitative estimate of drug-likeness (QED) is 0.702. The predicted molar refractivity (Wildman–Crippen MR) is 98.8 cm³/mol. The summed E-state index contributed by atoms with van der Waals surface area (Å²) in [4.78, 5) is 14.1. The lowest BCUT2D eigenvalue weighted by molar-refractivity contribution is 0.0946. The molecule has 2 rings (SSSR count).